The van der Waals surface area contributed by atoms with Crippen LogP contribution in [0.3, 0.4) is 0 Å². The normalized spacial score (nSPS) is 30.3. The number of nitrogens with one attached hydrogen (secondary N) is 1. The highest BCUT2D eigenvalue weighted by Gasteiger charge is 2.38. The molecule has 1 aromatic carbocycles. The summed E-state index contributed by atoms with van der Waals surface area (Å²) in [5.74, 6) is 2.69. The molecule has 0 bridgehead atoms. The molecule has 2 aromatic rings. The summed E-state index contributed by atoms with van der Waals surface area (Å²) in [6.07, 6.45) is 2.80. The van der Waals surface area contributed by atoms with Crippen LogP contribution in [0, 0.1) is 11.8 Å². The summed E-state index contributed by atoms with van der Waals surface area (Å²) in [4.78, 5) is 0. The summed E-state index contributed by atoms with van der Waals surface area (Å²) >= 11 is 1.91. The zero-order valence-corrected chi connectivity index (χ0v) is 11.9. The Kier molecular flexibility index (Phi) is 3.35. The minimum absolute atomic E-state index is 0. The van der Waals surface area contributed by atoms with Crippen LogP contribution in [-0.2, 0) is 0 Å². The Morgan fingerprint density at radius 1 is 1.06 bits per heavy atom. The average Bonchev–Trinajstić information content (AvgIpc) is 3.02. The van der Waals surface area contributed by atoms with Gasteiger partial charge in [-0.15, -0.1) is 23.7 Å². The molecule has 1 saturated carbocycles. The number of benzene rings is 1. The minimum Gasteiger partial charge on any atom is -0.316 e. The Balaban J connectivity index is 0.000001000. The molecule has 0 spiro atoms. The molecule has 2 aliphatic rings. The Labute approximate surface area is 118 Å². The predicted octanol–water partition coefficient (Wildman–Crippen LogP) is 4.04. The molecule has 2 heterocycles. The van der Waals surface area contributed by atoms with Crippen LogP contribution in [-0.4, -0.2) is 13.1 Å². The fourth-order valence-corrected chi connectivity index (χ4v) is 4.75. The van der Waals surface area contributed by atoms with Gasteiger partial charge >= 0.3 is 0 Å². The lowest BCUT2D eigenvalue weighted by atomic mass is 9.95. The van der Waals surface area contributed by atoms with Crippen molar-refractivity contribution >= 4 is 33.8 Å². The molecule has 1 aliphatic heterocycles. The van der Waals surface area contributed by atoms with Gasteiger partial charge in [0.05, 0.1) is 0 Å². The minimum atomic E-state index is 0. The van der Waals surface area contributed by atoms with Gasteiger partial charge in [-0.2, -0.15) is 0 Å². The van der Waals surface area contributed by atoms with Crippen LogP contribution in [0.2, 0.25) is 0 Å². The molecular formula is C15H18ClNS. The van der Waals surface area contributed by atoms with Crippen LogP contribution >= 0.6 is 23.7 Å². The molecule has 1 aliphatic carbocycles. The van der Waals surface area contributed by atoms with E-state index in [1.54, 1.807) is 5.56 Å². The average molecular weight is 280 g/mol. The van der Waals surface area contributed by atoms with Gasteiger partial charge in [-0.05, 0) is 66.1 Å². The quantitative estimate of drug-likeness (QED) is 0.831. The second-order valence-electron chi connectivity index (χ2n) is 5.53. The van der Waals surface area contributed by atoms with Gasteiger partial charge in [0.2, 0.25) is 0 Å². The van der Waals surface area contributed by atoms with Gasteiger partial charge in [-0.25, -0.2) is 0 Å². The maximum Gasteiger partial charge on any atom is 0.0377 e. The van der Waals surface area contributed by atoms with Crippen LogP contribution in [0.15, 0.2) is 29.6 Å². The number of fused-ring (bicyclic) bond motifs is 2. The van der Waals surface area contributed by atoms with Gasteiger partial charge in [0.25, 0.3) is 0 Å². The van der Waals surface area contributed by atoms with Crippen LogP contribution in [0.5, 0.6) is 0 Å². The molecule has 2 fully saturated rings. The van der Waals surface area contributed by atoms with Crippen LogP contribution in [0.25, 0.3) is 10.1 Å². The van der Waals surface area contributed by atoms with Crippen molar-refractivity contribution in [3.8, 4) is 0 Å². The van der Waals surface area contributed by atoms with E-state index >= 15 is 0 Å². The lowest BCUT2D eigenvalue weighted by Gasteiger charge is -2.12. The van der Waals surface area contributed by atoms with E-state index in [1.165, 1.54) is 36.0 Å². The topological polar surface area (TPSA) is 12.0 Å². The molecule has 3 heteroatoms. The van der Waals surface area contributed by atoms with E-state index in [0.717, 1.165) is 17.8 Å². The monoisotopic (exact) mass is 279 g/mol. The van der Waals surface area contributed by atoms with Crippen molar-refractivity contribution in [2.45, 2.75) is 18.8 Å². The lowest BCUT2D eigenvalue weighted by Crippen LogP contribution is -2.11. The molecule has 1 aromatic heterocycles. The van der Waals surface area contributed by atoms with Crippen molar-refractivity contribution in [2.75, 3.05) is 13.1 Å². The smallest absolute Gasteiger partial charge is 0.0377 e. The van der Waals surface area contributed by atoms with Crippen LogP contribution in [0.4, 0.5) is 0 Å². The van der Waals surface area contributed by atoms with Gasteiger partial charge in [0, 0.05) is 4.70 Å². The summed E-state index contributed by atoms with van der Waals surface area (Å²) in [6.45, 7) is 2.50. The molecule has 1 nitrogen and oxygen atoms in total. The molecular weight excluding hydrogens is 262 g/mol. The molecule has 96 valence electrons. The number of hydrogen-bond donors (Lipinski definition) is 1. The van der Waals surface area contributed by atoms with Gasteiger partial charge in [0.15, 0.2) is 0 Å². The first-order valence-electron chi connectivity index (χ1n) is 6.58. The molecule has 4 rings (SSSR count). The van der Waals surface area contributed by atoms with Crippen molar-refractivity contribution in [1.82, 2.24) is 5.32 Å². The van der Waals surface area contributed by atoms with E-state index in [1.807, 2.05) is 11.3 Å². The number of halogens is 1. The maximum absolute atomic E-state index is 3.53. The predicted molar refractivity (Wildman–Crippen MR) is 80.9 cm³/mol. The first-order valence-corrected chi connectivity index (χ1v) is 7.46. The van der Waals surface area contributed by atoms with E-state index < -0.39 is 0 Å². The van der Waals surface area contributed by atoms with Crippen molar-refractivity contribution in [3.63, 3.8) is 0 Å². The molecule has 1 saturated heterocycles. The van der Waals surface area contributed by atoms with Gasteiger partial charge < -0.3 is 5.32 Å². The van der Waals surface area contributed by atoms with E-state index in [9.17, 15) is 0 Å². The van der Waals surface area contributed by atoms with Gasteiger partial charge in [-0.1, -0.05) is 18.2 Å². The molecule has 0 amide bonds. The largest absolute Gasteiger partial charge is 0.316 e. The highest BCUT2D eigenvalue weighted by molar-refractivity contribution is 7.17. The highest BCUT2D eigenvalue weighted by atomic mass is 35.5. The Morgan fingerprint density at radius 2 is 1.83 bits per heavy atom. The first kappa shape index (κ1) is 12.5. The Morgan fingerprint density at radius 3 is 2.61 bits per heavy atom. The molecule has 2 atom stereocenters. The molecule has 2 unspecified atom stereocenters. The van der Waals surface area contributed by atoms with Crippen molar-refractivity contribution in [2.24, 2.45) is 11.8 Å². The summed E-state index contributed by atoms with van der Waals surface area (Å²) in [7, 11) is 0. The number of rotatable bonds is 1. The maximum atomic E-state index is 3.53. The summed E-state index contributed by atoms with van der Waals surface area (Å²) in [5, 5.41) is 7.19. The van der Waals surface area contributed by atoms with E-state index in [0.29, 0.717) is 0 Å². The van der Waals surface area contributed by atoms with Gasteiger partial charge in [0.1, 0.15) is 0 Å². The third kappa shape index (κ3) is 1.87. The molecule has 1 N–H and O–H groups in total. The lowest BCUT2D eigenvalue weighted by molar-refractivity contribution is 0.494. The molecule has 18 heavy (non-hydrogen) atoms. The van der Waals surface area contributed by atoms with E-state index in [4.69, 9.17) is 0 Å². The second-order valence-corrected chi connectivity index (χ2v) is 6.45. The fraction of sp³-hybridized carbons (Fsp3) is 0.467. The zero-order chi connectivity index (χ0) is 11.2. The van der Waals surface area contributed by atoms with Gasteiger partial charge in [-0.3, -0.25) is 0 Å². The second kappa shape index (κ2) is 4.84. The highest BCUT2D eigenvalue weighted by Crippen LogP contribution is 2.46. The summed E-state index contributed by atoms with van der Waals surface area (Å²) in [6, 6.07) is 9.09. The number of hydrogen-bond acceptors (Lipinski definition) is 2. The van der Waals surface area contributed by atoms with Crippen molar-refractivity contribution in [1.29, 1.82) is 0 Å². The van der Waals surface area contributed by atoms with Crippen molar-refractivity contribution < 1.29 is 0 Å². The third-order valence-electron chi connectivity index (χ3n) is 4.60. The summed E-state index contributed by atoms with van der Waals surface area (Å²) < 4.78 is 1.53. The van der Waals surface area contributed by atoms with E-state index in [-0.39, 0.29) is 12.4 Å². The SMILES string of the molecule is Cl.c1cc(C2CC3CNCC3C2)c2sccc2c1. The third-order valence-corrected chi connectivity index (χ3v) is 5.58. The zero-order valence-electron chi connectivity index (χ0n) is 10.3. The Bertz CT molecular complexity index is 538. The first-order chi connectivity index (χ1) is 8.42. The summed E-state index contributed by atoms with van der Waals surface area (Å²) in [5.41, 5.74) is 1.62. The Hall–Kier alpha value is -0.570. The number of thiophene rings is 1. The van der Waals surface area contributed by atoms with Crippen LogP contribution < -0.4 is 5.32 Å². The standard InChI is InChI=1S/C15H17NS.ClH/c1-2-10-4-5-17-15(10)14(3-1)11-6-12-8-16-9-13(12)7-11;/h1-5,11-13,16H,6-9H2;1H. The molecule has 0 radical (unpaired) electrons. The van der Waals surface area contributed by atoms with E-state index in [2.05, 4.69) is 35.0 Å². The van der Waals surface area contributed by atoms with Crippen LogP contribution in [0.1, 0.15) is 24.3 Å². The fourth-order valence-electron chi connectivity index (χ4n) is 3.76. The van der Waals surface area contributed by atoms with Crippen molar-refractivity contribution in [3.05, 3.63) is 35.2 Å².